The predicted octanol–water partition coefficient (Wildman–Crippen LogP) is 3.12. The largest absolute Gasteiger partial charge is 0.437 e. The standard InChI is InChI=1S/C18H22N4O2/c1-18(19)10-3-2-8-15(18)17(23)21-13-6-4-7-14(12-13)24-16-9-5-11-20-22-16/h4-7,9,11-12,15H,2-3,8,10,19H2,1H3,(H,21,23). The molecule has 24 heavy (non-hydrogen) atoms. The van der Waals surface area contributed by atoms with Crippen molar-refractivity contribution in [2.24, 2.45) is 11.7 Å². The molecule has 6 heteroatoms. The highest BCUT2D eigenvalue weighted by Gasteiger charge is 2.37. The molecule has 1 aliphatic carbocycles. The van der Waals surface area contributed by atoms with Crippen LogP contribution in [0.25, 0.3) is 0 Å². The molecule has 2 aromatic rings. The van der Waals surface area contributed by atoms with Gasteiger partial charge in [-0.2, -0.15) is 5.10 Å². The molecule has 1 fully saturated rings. The number of ether oxygens (including phenoxy) is 1. The number of hydrogen-bond acceptors (Lipinski definition) is 5. The highest BCUT2D eigenvalue weighted by atomic mass is 16.5. The first kappa shape index (κ1) is 16.4. The van der Waals surface area contributed by atoms with Crippen LogP contribution < -0.4 is 15.8 Å². The first-order valence-corrected chi connectivity index (χ1v) is 8.20. The lowest BCUT2D eigenvalue weighted by atomic mass is 9.74. The molecular weight excluding hydrogens is 304 g/mol. The SMILES string of the molecule is CC1(N)CCCCC1C(=O)Nc1cccc(Oc2cccnn2)c1. The van der Waals surface area contributed by atoms with Crippen LogP contribution in [0.15, 0.2) is 42.6 Å². The minimum Gasteiger partial charge on any atom is -0.437 e. The minimum atomic E-state index is -0.448. The third-order valence-electron chi connectivity index (χ3n) is 4.44. The third kappa shape index (κ3) is 3.89. The second-order valence-electron chi connectivity index (χ2n) is 6.49. The summed E-state index contributed by atoms with van der Waals surface area (Å²) in [4.78, 5) is 12.6. The normalized spacial score (nSPS) is 23.5. The molecule has 2 unspecified atom stereocenters. The lowest BCUT2D eigenvalue weighted by molar-refractivity contribution is -0.122. The van der Waals surface area contributed by atoms with E-state index in [-0.39, 0.29) is 11.8 Å². The van der Waals surface area contributed by atoms with E-state index in [0.717, 1.165) is 25.7 Å². The summed E-state index contributed by atoms with van der Waals surface area (Å²) in [5.74, 6) is 0.794. The molecular formula is C18H22N4O2. The average Bonchev–Trinajstić information content (AvgIpc) is 2.55. The number of carbonyl (C=O) groups excluding carboxylic acids is 1. The van der Waals surface area contributed by atoms with Gasteiger partial charge in [0.15, 0.2) is 0 Å². The third-order valence-corrected chi connectivity index (χ3v) is 4.44. The van der Waals surface area contributed by atoms with E-state index in [0.29, 0.717) is 17.3 Å². The number of rotatable bonds is 4. The van der Waals surface area contributed by atoms with Crippen LogP contribution in [0.1, 0.15) is 32.6 Å². The molecule has 1 amide bonds. The van der Waals surface area contributed by atoms with E-state index in [2.05, 4.69) is 15.5 Å². The van der Waals surface area contributed by atoms with Crippen LogP contribution in [0.2, 0.25) is 0 Å². The summed E-state index contributed by atoms with van der Waals surface area (Å²) in [5.41, 5.74) is 6.54. The minimum absolute atomic E-state index is 0.0312. The van der Waals surface area contributed by atoms with E-state index < -0.39 is 5.54 Å². The van der Waals surface area contributed by atoms with Gasteiger partial charge >= 0.3 is 0 Å². The number of nitrogens with zero attached hydrogens (tertiary/aromatic N) is 2. The Kier molecular flexibility index (Phi) is 4.76. The molecule has 1 aromatic carbocycles. The molecule has 0 spiro atoms. The second-order valence-corrected chi connectivity index (χ2v) is 6.49. The van der Waals surface area contributed by atoms with Crippen LogP contribution >= 0.6 is 0 Å². The fourth-order valence-corrected chi connectivity index (χ4v) is 3.12. The van der Waals surface area contributed by atoms with Gasteiger partial charge in [-0.15, -0.1) is 5.10 Å². The Morgan fingerprint density at radius 1 is 1.33 bits per heavy atom. The van der Waals surface area contributed by atoms with Crippen molar-refractivity contribution in [1.29, 1.82) is 0 Å². The molecule has 3 rings (SSSR count). The molecule has 2 atom stereocenters. The van der Waals surface area contributed by atoms with Crippen molar-refractivity contribution >= 4 is 11.6 Å². The first-order valence-electron chi connectivity index (χ1n) is 8.20. The molecule has 3 N–H and O–H groups in total. The predicted molar refractivity (Wildman–Crippen MR) is 91.7 cm³/mol. The van der Waals surface area contributed by atoms with Gasteiger partial charge in [0.25, 0.3) is 0 Å². The van der Waals surface area contributed by atoms with Crippen molar-refractivity contribution < 1.29 is 9.53 Å². The number of carbonyl (C=O) groups is 1. The number of hydrogen-bond donors (Lipinski definition) is 2. The highest BCUT2D eigenvalue weighted by Crippen LogP contribution is 2.32. The van der Waals surface area contributed by atoms with Crippen molar-refractivity contribution in [3.8, 4) is 11.6 Å². The summed E-state index contributed by atoms with van der Waals surface area (Å²) < 4.78 is 5.64. The molecule has 126 valence electrons. The zero-order chi connectivity index (χ0) is 17.0. The Morgan fingerprint density at radius 3 is 2.96 bits per heavy atom. The summed E-state index contributed by atoms with van der Waals surface area (Å²) >= 11 is 0. The van der Waals surface area contributed by atoms with Crippen molar-refractivity contribution in [3.05, 3.63) is 42.6 Å². The van der Waals surface area contributed by atoms with Gasteiger partial charge in [0, 0.05) is 29.6 Å². The van der Waals surface area contributed by atoms with Crippen LogP contribution in [0.4, 0.5) is 5.69 Å². The van der Waals surface area contributed by atoms with Crippen LogP contribution in [-0.4, -0.2) is 21.6 Å². The number of aromatic nitrogens is 2. The Balaban J connectivity index is 1.69. The number of amides is 1. The van der Waals surface area contributed by atoms with E-state index in [9.17, 15) is 4.79 Å². The molecule has 6 nitrogen and oxygen atoms in total. The Labute approximate surface area is 141 Å². The van der Waals surface area contributed by atoms with Crippen molar-refractivity contribution in [2.75, 3.05) is 5.32 Å². The lowest BCUT2D eigenvalue weighted by Gasteiger charge is -2.37. The van der Waals surface area contributed by atoms with Crippen LogP contribution in [0, 0.1) is 5.92 Å². The second kappa shape index (κ2) is 6.97. The molecule has 1 aliphatic rings. The highest BCUT2D eigenvalue weighted by molar-refractivity contribution is 5.93. The van der Waals surface area contributed by atoms with Gasteiger partial charge < -0.3 is 15.8 Å². The topological polar surface area (TPSA) is 90.1 Å². The lowest BCUT2D eigenvalue weighted by Crippen LogP contribution is -2.51. The quantitative estimate of drug-likeness (QED) is 0.901. The number of benzene rings is 1. The fraction of sp³-hybridized carbons (Fsp3) is 0.389. The average molecular weight is 326 g/mol. The molecule has 1 aromatic heterocycles. The van der Waals surface area contributed by atoms with E-state index in [4.69, 9.17) is 10.5 Å². The van der Waals surface area contributed by atoms with E-state index >= 15 is 0 Å². The Bertz CT molecular complexity index is 703. The number of nitrogens with two attached hydrogens (primary N) is 1. The smallest absolute Gasteiger partial charge is 0.238 e. The molecule has 1 saturated carbocycles. The van der Waals surface area contributed by atoms with Crippen molar-refractivity contribution in [1.82, 2.24) is 10.2 Å². The Morgan fingerprint density at radius 2 is 2.21 bits per heavy atom. The van der Waals surface area contributed by atoms with Gasteiger partial charge in [-0.1, -0.05) is 18.9 Å². The molecule has 0 saturated heterocycles. The van der Waals surface area contributed by atoms with Crippen LogP contribution in [0.3, 0.4) is 0 Å². The van der Waals surface area contributed by atoms with Crippen molar-refractivity contribution in [2.45, 2.75) is 38.1 Å². The van der Waals surface area contributed by atoms with E-state index in [1.54, 1.807) is 30.5 Å². The van der Waals surface area contributed by atoms with Crippen LogP contribution in [-0.2, 0) is 4.79 Å². The van der Waals surface area contributed by atoms with E-state index in [1.165, 1.54) is 0 Å². The summed E-state index contributed by atoms with van der Waals surface area (Å²) in [6, 6.07) is 10.7. The van der Waals surface area contributed by atoms with E-state index in [1.807, 2.05) is 19.1 Å². The van der Waals surface area contributed by atoms with Gasteiger partial charge in [-0.3, -0.25) is 4.79 Å². The fourth-order valence-electron chi connectivity index (χ4n) is 3.12. The summed E-state index contributed by atoms with van der Waals surface area (Å²) in [5, 5.41) is 10.6. The maximum absolute atomic E-state index is 12.6. The zero-order valence-electron chi connectivity index (χ0n) is 13.7. The number of nitrogens with one attached hydrogen (secondary N) is 1. The first-order chi connectivity index (χ1) is 11.5. The Hall–Kier alpha value is -2.47. The van der Waals surface area contributed by atoms with Crippen LogP contribution in [0.5, 0.6) is 11.6 Å². The summed E-state index contributed by atoms with van der Waals surface area (Å²) in [6.07, 6.45) is 5.41. The monoisotopic (exact) mass is 326 g/mol. The van der Waals surface area contributed by atoms with Gasteiger partial charge in [0.2, 0.25) is 11.8 Å². The van der Waals surface area contributed by atoms with Gasteiger partial charge in [-0.25, -0.2) is 0 Å². The maximum Gasteiger partial charge on any atom is 0.238 e. The molecule has 0 aliphatic heterocycles. The van der Waals surface area contributed by atoms with Crippen molar-refractivity contribution in [3.63, 3.8) is 0 Å². The van der Waals surface area contributed by atoms with Gasteiger partial charge in [0.1, 0.15) is 5.75 Å². The number of anilines is 1. The molecule has 0 bridgehead atoms. The summed E-state index contributed by atoms with van der Waals surface area (Å²) in [7, 11) is 0. The summed E-state index contributed by atoms with van der Waals surface area (Å²) in [6.45, 7) is 1.96. The van der Waals surface area contributed by atoms with Gasteiger partial charge in [-0.05, 0) is 38.0 Å². The van der Waals surface area contributed by atoms with Gasteiger partial charge in [0.05, 0.1) is 5.92 Å². The molecule has 1 heterocycles. The maximum atomic E-state index is 12.6. The molecule has 0 radical (unpaired) electrons. The zero-order valence-corrected chi connectivity index (χ0v) is 13.7.